The summed E-state index contributed by atoms with van der Waals surface area (Å²) in [5.41, 5.74) is 2.20. The van der Waals surface area contributed by atoms with E-state index in [9.17, 15) is 19.5 Å². The van der Waals surface area contributed by atoms with Gasteiger partial charge in [0, 0.05) is 32.2 Å². The summed E-state index contributed by atoms with van der Waals surface area (Å²) in [6, 6.07) is 12.8. The number of rotatable bonds is 8. The van der Waals surface area contributed by atoms with Gasteiger partial charge < -0.3 is 35.0 Å². The van der Waals surface area contributed by atoms with Crippen LogP contribution in [-0.2, 0) is 7.05 Å². The summed E-state index contributed by atoms with van der Waals surface area (Å²) in [5.74, 6) is -0.101. The van der Waals surface area contributed by atoms with Crippen LogP contribution in [-0.4, -0.2) is 88.5 Å². The maximum absolute atomic E-state index is 13.7. The number of carbonyl (C=O) groups excluding carboxylic acids is 3. The maximum atomic E-state index is 13.7. The highest BCUT2D eigenvalue weighted by Crippen LogP contribution is 2.35. The molecule has 0 saturated carbocycles. The van der Waals surface area contributed by atoms with Gasteiger partial charge in [-0.15, -0.1) is 0 Å². The number of nitrogens with one attached hydrogen (secondary N) is 2. The van der Waals surface area contributed by atoms with Crippen molar-refractivity contribution in [3.8, 4) is 11.5 Å². The van der Waals surface area contributed by atoms with Crippen LogP contribution < -0.4 is 20.1 Å². The van der Waals surface area contributed by atoms with Crippen molar-refractivity contribution in [3.05, 3.63) is 65.5 Å². The number of carbonyl (C=O) groups is 3. The molecule has 0 unspecified atom stereocenters. The minimum absolute atomic E-state index is 0.182. The molecule has 12 nitrogen and oxygen atoms in total. The second kappa shape index (κ2) is 12.9. The maximum Gasteiger partial charge on any atom is 0.321 e. The summed E-state index contributed by atoms with van der Waals surface area (Å²) in [6.45, 7) is 5.74. The molecule has 0 aliphatic carbocycles. The molecule has 0 radical (unpaired) electrons. The first kappa shape index (κ1) is 30.4. The number of aromatic nitrogens is 2. The van der Waals surface area contributed by atoms with Crippen LogP contribution in [0.1, 0.15) is 40.4 Å². The van der Waals surface area contributed by atoms with Crippen molar-refractivity contribution >= 4 is 29.2 Å². The molecule has 3 aromatic rings. The number of urea groups is 1. The highest BCUT2D eigenvalue weighted by Gasteiger charge is 2.35. The minimum atomic E-state index is -0.561. The van der Waals surface area contributed by atoms with Crippen LogP contribution in [0.15, 0.2) is 48.5 Å². The van der Waals surface area contributed by atoms with Crippen LogP contribution in [0.2, 0.25) is 0 Å². The van der Waals surface area contributed by atoms with E-state index in [1.165, 1.54) is 9.58 Å². The molecule has 0 bridgehead atoms. The van der Waals surface area contributed by atoms with Crippen LogP contribution in [0.5, 0.6) is 11.5 Å². The lowest BCUT2D eigenvalue weighted by atomic mass is 9.99. The van der Waals surface area contributed by atoms with Gasteiger partial charge >= 0.3 is 6.03 Å². The molecule has 2 heterocycles. The fourth-order valence-corrected chi connectivity index (χ4v) is 4.82. The van der Waals surface area contributed by atoms with Crippen molar-refractivity contribution in [3.63, 3.8) is 0 Å². The molecule has 1 aromatic heterocycles. The topological polar surface area (TPSA) is 138 Å². The number of benzene rings is 2. The van der Waals surface area contributed by atoms with Gasteiger partial charge in [-0.25, -0.2) is 4.79 Å². The van der Waals surface area contributed by atoms with E-state index < -0.39 is 18.1 Å². The highest BCUT2D eigenvalue weighted by molar-refractivity contribution is 6.06. The van der Waals surface area contributed by atoms with E-state index in [0.29, 0.717) is 35.1 Å². The van der Waals surface area contributed by atoms with E-state index >= 15 is 0 Å². The Kier molecular flexibility index (Phi) is 9.36. The van der Waals surface area contributed by atoms with Crippen LogP contribution in [0.25, 0.3) is 0 Å². The van der Waals surface area contributed by atoms with Gasteiger partial charge in [-0.2, -0.15) is 5.10 Å². The van der Waals surface area contributed by atoms with E-state index in [1.54, 1.807) is 88.5 Å². The molecule has 4 amide bonds. The molecule has 0 fully saturated rings. The number of methoxy groups -OCH3 is 1. The monoisotopic (exact) mass is 578 g/mol. The van der Waals surface area contributed by atoms with Gasteiger partial charge in [0.2, 0.25) is 0 Å². The number of anilines is 2. The fourth-order valence-electron chi connectivity index (χ4n) is 4.82. The summed E-state index contributed by atoms with van der Waals surface area (Å²) in [6.07, 6.45) is -0.561. The molecule has 0 saturated heterocycles. The van der Waals surface area contributed by atoms with Crippen LogP contribution in [0.3, 0.4) is 0 Å². The normalized spacial score (nSPS) is 17.3. The van der Waals surface area contributed by atoms with Gasteiger partial charge in [0.05, 0.1) is 43.2 Å². The van der Waals surface area contributed by atoms with E-state index in [-0.39, 0.29) is 42.3 Å². The molecule has 224 valence electrons. The van der Waals surface area contributed by atoms with Crippen molar-refractivity contribution in [1.82, 2.24) is 19.6 Å². The molecule has 4 rings (SSSR count). The molecular formula is C30H38N6O6. The van der Waals surface area contributed by atoms with E-state index in [2.05, 4.69) is 15.7 Å². The van der Waals surface area contributed by atoms with Gasteiger partial charge in [-0.3, -0.25) is 14.3 Å². The number of fused-ring (bicyclic) bond motifs is 1. The van der Waals surface area contributed by atoms with Gasteiger partial charge in [0.25, 0.3) is 11.8 Å². The number of likely N-dealkylation sites (N-methyl/N-ethyl adjacent to an activating group) is 1. The molecule has 1 aliphatic rings. The predicted octanol–water partition coefficient (Wildman–Crippen LogP) is 3.37. The summed E-state index contributed by atoms with van der Waals surface area (Å²) >= 11 is 0. The Morgan fingerprint density at radius 1 is 1.21 bits per heavy atom. The Morgan fingerprint density at radius 3 is 2.55 bits per heavy atom. The van der Waals surface area contributed by atoms with Crippen molar-refractivity contribution in [2.45, 2.75) is 32.9 Å². The number of nitrogens with zero attached hydrogens (tertiary/aromatic N) is 4. The molecule has 3 N–H and O–H groups in total. The molecule has 42 heavy (non-hydrogen) atoms. The number of para-hydroxylation sites is 1. The standard InChI is InChI=1S/C30H38N6O6/c1-18-15-36(20(3)17-37)29(39)23-8-7-9-24(32-28(38)25-14-19(2)33-35(25)5)27(23)42-26(18)16-34(4)30(40)31-21-10-12-22(41-6)13-11-21/h7-14,18,20,26,37H,15-17H2,1-6H3,(H,31,40)(H,32,38)/t18-,20-,26-/m0/s1. The third kappa shape index (κ3) is 6.65. The van der Waals surface area contributed by atoms with Crippen molar-refractivity contribution < 1.29 is 29.0 Å². The zero-order valence-corrected chi connectivity index (χ0v) is 24.7. The quantitative estimate of drug-likeness (QED) is 0.373. The smallest absolute Gasteiger partial charge is 0.321 e. The first-order valence-corrected chi connectivity index (χ1v) is 13.7. The van der Waals surface area contributed by atoms with Gasteiger partial charge in [0.15, 0.2) is 5.75 Å². The number of amides is 4. The summed E-state index contributed by atoms with van der Waals surface area (Å²) in [4.78, 5) is 43.1. The average molecular weight is 579 g/mol. The van der Waals surface area contributed by atoms with Gasteiger partial charge in [-0.1, -0.05) is 13.0 Å². The molecule has 12 heteroatoms. The SMILES string of the molecule is COc1ccc(NC(=O)N(C)C[C@@H]2Oc3c(NC(=O)c4cc(C)nn4C)cccc3C(=O)N([C@@H](C)CO)C[C@@H]2C)cc1. The lowest BCUT2D eigenvalue weighted by Gasteiger charge is -2.38. The third-order valence-electron chi connectivity index (χ3n) is 7.32. The number of aryl methyl sites for hydroxylation is 2. The zero-order chi connectivity index (χ0) is 30.6. The van der Waals surface area contributed by atoms with E-state index in [1.807, 2.05) is 6.92 Å². The van der Waals surface area contributed by atoms with Crippen molar-refractivity contribution in [2.24, 2.45) is 13.0 Å². The van der Waals surface area contributed by atoms with E-state index in [0.717, 1.165) is 0 Å². The Balaban J connectivity index is 1.64. The number of ether oxygens (including phenoxy) is 2. The zero-order valence-electron chi connectivity index (χ0n) is 24.7. The van der Waals surface area contributed by atoms with E-state index in [4.69, 9.17) is 9.47 Å². The lowest BCUT2D eigenvalue weighted by molar-refractivity contribution is 0.0372. The number of hydrogen-bond donors (Lipinski definition) is 3. The second-order valence-electron chi connectivity index (χ2n) is 10.6. The highest BCUT2D eigenvalue weighted by atomic mass is 16.5. The van der Waals surface area contributed by atoms with Crippen LogP contribution in [0, 0.1) is 12.8 Å². The van der Waals surface area contributed by atoms with Crippen LogP contribution in [0.4, 0.5) is 16.2 Å². The lowest BCUT2D eigenvalue weighted by Crippen LogP contribution is -2.50. The Bertz CT molecular complexity index is 1440. The first-order valence-electron chi connectivity index (χ1n) is 13.7. The molecule has 1 aliphatic heterocycles. The molecular weight excluding hydrogens is 540 g/mol. The van der Waals surface area contributed by atoms with Crippen molar-refractivity contribution in [2.75, 3.05) is 44.5 Å². The molecule has 2 aromatic carbocycles. The minimum Gasteiger partial charge on any atom is -0.497 e. The first-order chi connectivity index (χ1) is 20.0. The Labute approximate surface area is 245 Å². The predicted molar refractivity (Wildman–Crippen MR) is 158 cm³/mol. The molecule has 3 atom stereocenters. The number of aliphatic hydroxyl groups excluding tert-OH is 1. The van der Waals surface area contributed by atoms with Gasteiger partial charge in [0.1, 0.15) is 17.5 Å². The number of aliphatic hydroxyl groups is 1. The third-order valence-corrected chi connectivity index (χ3v) is 7.32. The largest absolute Gasteiger partial charge is 0.497 e. The Hall–Kier alpha value is -4.58. The van der Waals surface area contributed by atoms with Crippen molar-refractivity contribution in [1.29, 1.82) is 0 Å². The average Bonchev–Trinajstić information content (AvgIpc) is 3.32. The molecule has 0 spiro atoms. The summed E-state index contributed by atoms with van der Waals surface area (Å²) in [7, 11) is 4.91. The van der Waals surface area contributed by atoms with Gasteiger partial charge in [-0.05, 0) is 56.3 Å². The second-order valence-corrected chi connectivity index (χ2v) is 10.6. The number of hydrogen-bond acceptors (Lipinski definition) is 7. The van der Waals surface area contributed by atoms with Crippen LogP contribution >= 0.6 is 0 Å². The summed E-state index contributed by atoms with van der Waals surface area (Å²) in [5, 5.41) is 19.9. The summed E-state index contributed by atoms with van der Waals surface area (Å²) < 4.78 is 13.2. The Morgan fingerprint density at radius 2 is 1.93 bits per heavy atom. The fraction of sp³-hybridized carbons (Fsp3) is 0.400.